The summed E-state index contributed by atoms with van der Waals surface area (Å²) in [6, 6.07) is 17.6. The fourth-order valence-corrected chi connectivity index (χ4v) is 4.74. The van der Waals surface area contributed by atoms with Crippen molar-refractivity contribution in [1.29, 1.82) is 0 Å². The third kappa shape index (κ3) is 5.60. The van der Waals surface area contributed by atoms with Crippen LogP contribution in [0.2, 0.25) is 0 Å². The molecule has 10 heteroatoms. The number of methoxy groups -OCH3 is 1. The number of phenols is 1. The van der Waals surface area contributed by atoms with Crippen molar-refractivity contribution in [2.24, 2.45) is 0 Å². The summed E-state index contributed by atoms with van der Waals surface area (Å²) in [5.74, 6) is -0.0793. The molecule has 0 radical (unpaired) electrons. The summed E-state index contributed by atoms with van der Waals surface area (Å²) in [4.78, 5) is 24.3. The molecule has 0 aliphatic carbocycles. The number of nitrogens with zero attached hydrogens (tertiary/aromatic N) is 3. The van der Waals surface area contributed by atoms with Gasteiger partial charge < -0.3 is 15.2 Å². The number of nitrogens with one attached hydrogen (secondary N) is 1. The summed E-state index contributed by atoms with van der Waals surface area (Å²) in [5, 5.41) is 22.6. The Balaban J connectivity index is 1.61. The van der Waals surface area contributed by atoms with E-state index in [9.17, 15) is 14.7 Å². The van der Waals surface area contributed by atoms with Crippen LogP contribution in [-0.4, -0.2) is 44.6 Å². The van der Waals surface area contributed by atoms with Gasteiger partial charge in [-0.25, -0.2) is 4.79 Å². The van der Waals surface area contributed by atoms with Crippen LogP contribution >= 0.6 is 27.7 Å². The van der Waals surface area contributed by atoms with Gasteiger partial charge in [-0.1, -0.05) is 45.4 Å². The molecule has 0 aliphatic rings. The van der Waals surface area contributed by atoms with E-state index < -0.39 is 5.97 Å². The van der Waals surface area contributed by atoms with Gasteiger partial charge in [-0.05, 0) is 67.9 Å². The molecule has 0 bridgehead atoms. The Bertz CT molecular complexity index is 1440. The highest BCUT2D eigenvalue weighted by molar-refractivity contribution is 9.10. The molecule has 8 nitrogen and oxygen atoms in total. The van der Waals surface area contributed by atoms with Crippen molar-refractivity contribution in [2.75, 3.05) is 18.2 Å². The molecule has 0 fully saturated rings. The number of halogens is 1. The lowest BCUT2D eigenvalue weighted by atomic mass is 10.1. The molecule has 0 saturated heterocycles. The summed E-state index contributed by atoms with van der Waals surface area (Å²) in [6.45, 7) is 4.01. The summed E-state index contributed by atoms with van der Waals surface area (Å²) in [6.07, 6.45) is 0. The standard InChI is InChI=1S/C26H23BrN4O4S/c1-15-4-10-21(16(2)12-15)31-24(20-13-18(27)7-11-22(20)32)29-30-26(31)36-14-23(33)28-19-8-5-17(6-9-19)25(34)35-3/h4-13,32H,14H2,1-3H3,(H,28,33). The molecular formula is C26H23BrN4O4S. The van der Waals surface area contributed by atoms with E-state index in [0.717, 1.165) is 21.3 Å². The maximum absolute atomic E-state index is 12.7. The molecule has 0 aliphatic heterocycles. The molecule has 4 rings (SSSR count). The molecule has 1 heterocycles. The fourth-order valence-electron chi connectivity index (χ4n) is 3.63. The number of carbonyl (C=O) groups is 2. The van der Waals surface area contributed by atoms with Crippen LogP contribution in [0.4, 0.5) is 5.69 Å². The molecule has 3 aromatic carbocycles. The highest BCUT2D eigenvalue weighted by atomic mass is 79.9. The maximum Gasteiger partial charge on any atom is 0.337 e. The predicted octanol–water partition coefficient (Wildman–Crippen LogP) is 5.54. The van der Waals surface area contributed by atoms with E-state index in [2.05, 4.69) is 37.5 Å². The number of anilines is 1. The number of rotatable bonds is 7. The molecule has 4 aromatic rings. The second-order valence-corrected chi connectivity index (χ2v) is 9.86. The first kappa shape index (κ1) is 25.5. The monoisotopic (exact) mass is 566 g/mol. The number of phenolic OH excluding ortho intramolecular Hbond substituents is 1. The highest BCUT2D eigenvalue weighted by Crippen LogP contribution is 2.35. The van der Waals surface area contributed by atoms with Gasteiger partial charge >= 0.3 is 5.97 Å². The Kier molecular flexibility index (Phi) is 7.76. The van der Waals surface area contributed by atoms with E-state index in [1.165, 1.54) is 18.9 Å². The van der Waals surface area contributed by atoms with Crippen LogP contribution in [0.15, 0.2) is 70.3 Å². The smallest absolute Gasteiger partial charge is 0.337 e. The molecule has 184 valence electrons. The molecule has 0 spiro atoms. The predicted molar refractivity (Wildman–Crippen MR) is 143 cm³/mol. The molecular weight excluding hydrogens is 544 g/mol. The average Bonchev–Trinajstić information content (AvgIpc) is 3.27. The molecule has 1 amide bonds. The molecule has 0 saturated carbocycles. The second-order valence-electron chi connectivity index (χ2n) is 8.00. The Hall–Kier alpha value is -3.63. The van der Waals surface area contributed by atoms with Crippen LogP contribution in [0.25, 0.3) is 17.1 Å². The summed E-state index contributed by atoms with van der Waals surface area (Å²) in [5.41, 5.74) is 4.43. The van der Waals surface area contributed by atoms with Crippen molar-refractivity contribution in [3.8, 4) is 22.8 Å². The van der Waals surface area contributed by atoms with Gasteiger partial charge in [-0.3, -0.25) is 9.36 Å². The number of aromatic hydroxyl groups is 1. The normalized spacial score (nSPS) is 10.8. The molecule has 0 atom stereocenters. The van der Waals surface area contributed by atoms with Crippen molar-refractivity contribution in [2.45, 2.75) is 19.0 Å². The molecule has 2 N–H and O–H groups in total. The van der Waals surface area contributed by atoms with Crippen molar-refractivity contribution < 1.29 is 19.4 Å². The minimum Gasteiger partial charge on any atom is -0.507 e. The number of benzene rings is 3. The largest absolute Gasteiger partial charge is 0.507 e. The number of aryl methyl sites for hydroxylation is 2. The molecule has 36 heavy (non-hydrogen) atoms. The molecule has 0 unspecified atom stereocenters. The van der Waals surface area contributed by atoms with Crippen LogP contribution in [0.5, 0.6) is 5.75 Å². The van der Waals surface area contributed by atoms with Crippen molar-refractivity contribution in [1.82, 2.24) is 14.8 Å². The zero-order chi connectivity index (χ0) is 25.8. The van der Waals surface area contributed by atoms with Crippen molar-refractivity contribution >= 4 is 45.3 Å². The van der Waals surface area contributed by atoms with Crippen LogP contribution in [0, 0.1) is 13.8 Å². The van der Waals surface area contributed by atoms with Crippen LogP contribution in [-0.2, 0) is 9.53 Å². The third-order valence-electron chi connectivity index (χ3n) is 5.35. The Morgan fingerprint density at radius 1 is 1.06 bits per heavy atom. The topological polar surface area (TPSA) is 106 Å². The van der Waals surface area contributed by atoms with E-state index in [1.807, 2.05) is 30.5 Å². The Morgan fingerprint density at radius 2 is 1.81 bits per heavy atom. The zero-order valence-electron chi connectivity index (χ0n) is 19.8. The first-order valence-corrected chi connectivity index (χ1v) is 12.7. The first-order valence-electron chi connectivity index (χ1n) is 10.9. The van der Waals surface area contributed by atoms with Gasteiger partial charge in [0, 0.05) is 10.2 Å². The van der Waals surface area contributed by atoms with E-state index in [-0.39, 0.29) is 17.4 Å². The van der Waals surface area contributed by atoms with Crippen LogP contribution < -0.4 is 5.32 Å². The van der Waals surface area contributed by atoms with Crippen LogP contribution in [0.1, 0.15) is 21.5 Å². The zero-order valence-corrected chi connectivity index (χ0v) is 22.2. The fraction of sp³-hybridized carbons (Fsp3) is 0.154. The summed E-state index contributed by atoms with van der Waals surface area (Å²) < 4.78 is 7.33. The van der Waals surface area contributed by atoms with E-state index in [1.54, 1.807) is 42.5 Å². The summed E-state index contributed by atoms with van der Waals surface area (Å²) >= 11 is 4.68. The Labute approximate surface area is 220 Å². The van der Waals surface area contributed by atoms with Crippen LogP contribution in [0.3, 0.4) is 0 Å². The SMILES string of the molecule is COC(=O)c1ccc(NC(=O)CSc2nnc(-c3cc(Br)ccc3O)n2-c2ccc(C)cc2C)cc1. The Morgan fingerprint density at radius 3 is 2.50 bits per heavy atom. The quantitative estimate of drug-likeness (QED) is 0.223. The number of ether oxygens (including phenoxy) is 1. The van der Waals surface area contributed by atoms with Gasteiger partial charge in [-0.2, -0.15) is 0 Å². The first-order chi connectivity index (χ1) is 17.3. The van der Waals surface area contributed by atoms with Crippen molar-refractivity contribution in [3.05, 3.63) is 81.8 Å². The number of aromatic nitrogens is 3. The van der Waals surface area contributed by atoms with E-state index in [0.29, 0.717) is 27.8 Å². The minimum absolute atomic E-state index is 0.0707. The molecule has 1 aromatic heterocycles. The van der Waals surface area contributed by atoms with E-state index in [4.69, 9.17) is 4.74 Å². The number of esters is 1. The van der Waals surface area contributed by atoms with Gasteiger partial charge in [0.15, 0.2) is 11.0 Å². The summed E-state index contributed by atoms with van der Waals surface area (Å²) in [7, 11) is 1.31. The van der Waals surface area contributed by atoms with Gasteiger partial charge in [-0.15, -0.1) is 10.2 Å². The lowest BCUT2D eigenvalue weighted by molar-refractivity contribution is -0.113. The number of hydrogen-bond acceptors (Lipinski definition) is 7. The minimum atomic E-state index is -0.443. The maximum atomic E-state index is 12.7. The third-order valence-corrected chi connectivity index (χ3v) is 6.77. The highest BCUT2D eigenvalue weighted by Gasteiger charge is 2.21. The van der Waals surface area contributed by atoms with Gasteiger partial charge in [0.05, 0.1) is 29.7 Å². The van der Waals surface area contributed by atoms with Gasteiger partial charge in [0.2, 0.25) is 5.91 Å². The lowest BCUT2D eigenvalue weighted by Gasteiger charge is -2.14. The lowest BCUT2D eigenvalue weighted by Crippen LogP contribution is -2.15. The number of carbonyl (C=O) groups excluding carboxylic acids is 2. The van der Waals surface area contributed by atoms with Gasteiger partial charge in [0.25, 0.3) is 0 Å². The average molecular weight is 567 g/mol. The van der Waals surface area contributed by atoms with E-state index >= 15 is 0 Å². The number of amides is 1. The number of hydrogen-bond donors (Lipinski definition) is 2. The number of thioether (sulfide) groups is 1. The van der Waals surface area contributed by atoms with Gasteiger partial charge in [0.1, 0.15) is 5.75 Å². The second kappa shape index (κ2) is 11.0. The van der Waals surface area contributed by atoms with Crippen molar-refractivity contribution in [3.63, 3.8) is 0 Å².